The average molecular weight is 266 g/mol. The second-order valence-electron chi connectivity index (χ2n) is 5.14. The maximum atomic E-state index is 11.9. The summed E-state index contributed by atoms with van der Waals surface area (Å²) in [6.45, 7) is 5.93. The van der Waals surface area contributed by atoms with Crippen LogP contribution >= 0.6 is 11.3 Å². The monoisotopic (exact) mass is 266 g/mol. The number of amides is 1. The summed E-state index contributed by atoms with van der Waals surface area (Å²) in [7, 11) is 0. The normalized spacial score (nSPS) is 31.5. The highest BCUT2D eigenvalue weighted by Gasteiger charge is 2.42. The van der Waals surface area contributed by atoms with Crippen LogP contribution in [0, 0.1) is 11.8 Å². The molecule has 98 valence electrons. The van der Waals surface area contributed by atoms with Crippen LogP contribution in [0.25, 0.3) is 0 Å². The van der Waals surface area contributed by atoms with Crippen LogP contribution in [-0.2, 0) is 4.79 Å². The van der Waals surface area contributed by atoms with Gasteiger partial charge in [-0.05, 0) is 31.8 Å². The summed E-state index contributed by atoms with van der Waals surface area (Å²) < 4.78 is 0. The number of hydrogen-bond acceptors (Lipinski definition) is 5. The van der Waals surface area contributed by atoms with E-state index in [-0.39, 0.29) is 5.91 Å². The molecule has 1 aromatic heterocycles. The summed E-state index contributed by atoms with van der Waals surface area (Å²) in [5, 5.41) is 8.83. The first-order valence-corrected chi connectivity index (χ1v) is 7.26. The molecule has 2 aliphatic rings. The molecule has 3 heterocycles. The fourth-order valence-electron chi connectivity index (χ4n) is 3.09. The van der Waals surface area contributed by atoms with Gasteiger partial charge in [-0.3, -0.25) is 9.69 Å². The zero-order valence-electron chi connectivity index (χ0n) is 10.4. The third-order valence-electron chi connectivity index (χ3n) is 4.08. The molecule has 3 rings (SSSR count). The fraction of sp³-hybridized carbons (Fsp3) is 0.667. The molecule has 2 N–H and O–H groups in total. The Hall–Kier alpha value is -0.980. The van der Waals surface area contributed by atoms with Crippen molar-refractivity contribution in [3.05, 3.63) is 11.6 Å². The van der Waals surface area contributed by atoms with Crippen molar-refractivity contribution < 1.29 is 4.79 Å². The Kier molecular flexibility index (Phi) is 3.32. The van der Waals surface area contributed by atoms with E-state index in [2.05, 4.69) is 27.4 Å². The lowest BCUT2D eigenvalue weighted by atomic mass is 9.95. The average Bonchev–Trinajstić information content (AvgIpc) is 3.01. The summed E-state index contributed by atoms with van der Waals surface area (Å²) >= 11 is 1.46. The minimum atomic E-state index is 0.0460. The van der Waals surface area contributed by atoms with Crippen LogP contribution in [-0.4, -0.2) is 48.0 Å². The number of fused-ring (bicyclic) bond motifs is 1. The van der Waals surface area contributed by atoms with Crippen LogP contribution in [0.2, 0.25) is 0 Å². The maximum Gasteiger partial charge on any atom is 0.240 e. The van der Waals surface area contributed by atoms with E-state index in [4.69, 9.17) is 0 Å². The van der Waals surface area contributed by atoms with Gasteiger partial charge < -0.3 is 10.6 Å². The SMILES string of the molecule is CC1C2CNCC2CN1CC(=O)Nc1nccs1. The molecule has 1 amide bonds. The number of nitrogens with zero attached hydrogens (tertiary/aromatic N) is 2. The van der Waals surface area contributed by atoms with Crippen LogP contribution in [0.5, 0.6) is 0 Å². The molecule has 3 atom stereocenters. The molecule has 2 saturated heterocycles. The summed E-state index contributed by atoms with van der Waals surface area (Å²) in [5.41, 5.74) is 0. The van der Waals surface area contributed by atoms with E-state index < -0.39 is 0 Å². The minimum absolute atomic E-state index is 0.0460. The van der Waals surface area contributed by atoms with Gasteiger partial charge in [0.2, 0.25) is 5.91 Å². The molecule has 5 nitrogen and oxygen atoms in total. The molecule has 2 aliphatic heterocycles. The van der Waals surface area contributed by atoms with Crippen molar-refractivity contribution in [3.8, 4) is 0 Å². The highest BCUT2D eigenvalue weighted by molar-refractivity contribution is 7.13. The topological polar surface area (TPSA) is 57.3 Å². The molecule has 0 aromatic carbocycles. The zero-order chi connectivity index (χ0) is 12.5. The van der Waals surface area contributed by atoms with E-state index in [1.807, 2.05) is 5.38 Å². The van der Waals surface area contributed by atoms with E-state index in [0.29, 0.717) is 29.6 Å². The summed E-state index contributed by atoms with van der Waals surface area (Å²) in [4.78, 5) is 18.3. The minimum Gasteiger partial charge on any atom is -0.316 e. The van der Waals surface area contributed by atoms with Gasteiger partial charge in [0, 0.05) is 24.2 Å². The van der Waals surface area contributed by atoms with E-state index in [1.54, 1.807) is 6.20 Å². The lowest BCUT2D eigenvalue weighted by molar-refractivity contribution is -0.117. The molecule has 18 heavy (non-hydrogen) atoms. The van der Waals surface area contributed by atoms with E-state index in [0.717, 1.165) is 19.6 Å². The van der Waals surface area contributed by atoms with E-state index in [1.165, 1.54) is 11.3 Å². The third kappa shape index (κ3) is 2.28. The molecule has 2 fully saturated rings. The largest absolute Gasteiger partial charge is 0.316 e. The highest BCUT2D eigenvalue weighted by Crippen LogP contribution is 2.31. The molecule has 0 aliphatic carbocycles. The molecular weight excluding hydrogens is 248 g/mol. The second kappa shape index (κ2) is 4.95. The summed E-state index contributed by atoms with van der Waals surface area (Å²) in [6.07, 6.45) is 1.70. The fourth-order valence-corrected chi connectivity index (χ4v) is 3.64. The van der Waals surface area contributed by atoms with Crippen molar-refractivity contribution in [1.82, 2.24) is 15.2 Å². The Bertz CT molecular complexity index is 422. The Labute approximate surface area is 111 Å². The van der Waals surface area contributed by atoms with Crippen LogP contribution in [0.1, 0.15) is 6.92 Å². The zero-order valence-corrected chi connectivity index (χ0v) is 11.2. The number of carbonyl (C=O) groups excluding carboxylic acids is 1. The first-order chi connectivity index (χ1) is 8.74. The number of thiazole rings is 1. The highest BCUT2D eigenvalue weighted by atomic mass is 32.1. The van der Waals surface area contributed by atoms with Crippen LogP contribution in [0.4, 0.5) is 5.13 Å². The Morgan fingerprint density at radius 1 is 1.67 bits per heavy atom. The lowest BCUT2D eigenvalue weighted by Crippen LogP contribution is -2.38. The number of nitrogens with one attached hydrogen (secondary N) is 2. The van der Waals surface area contributed by atoms with Gasteiger partial charge in [0.15, 0.2) is 5.13 Å². The molecular formula is C12H18N4OS. The number of anilines is 1. The van der Waals surface area contributed by atoms with Crippen molar-refractivity contribution in [3.63, 3.8) is 0 Å². The molecule has 0 spiro atoms. The van der Waals surface area contributed by atoms with Crippen molar-refractivity contribution >= 4 is 22.4 Å². The summed E-state index contributed by atoms with van der Waals surface area (Å²) in [6, 6.07) is 0.493. The number of likely N-dealkylation sites (tertiary alicyclic amines) is 1. The summed E-state index contributed by atoms with van der Waals surface area (Å²) in [5.74, 6) is 1.47. The second-order valence-corrected chi connectivity index (χ2v) is 6.03. The molecule has 1 aromatic rings. The number of aromatic nitrogens is 1. The predicted molar refractivity (Wildman–Crippen MR) is 71.6 cm³/mol. The van der Waals surface area contributed by atoms with Crippen molar-refractivity contribution in [1.29, 1.82) is 0 Å². The molecule has 0 radical (unpaired) electrons. The van der Waals surface area contributed by atoms with Crippen molar-refractivity contribution in [2.75, 3.05) is 31.5 Å². The first kappa shape index (κ1) is 12.1. The Morgan fingerprint density at radius 3 is 3.28 bits per heavy atom. The first-order valence-electron chi connectivity index (χ1n) is 6.38. The van der Waals surface area contributed by atoms with Gasteiger partial charge in [-0.2, -0.15) is 0 Å². The van der Waals surface area contributed by atoms with Gasteiger partial charge in [-0.25, -0.2) is 4.98 Å². The molecule has 6 heteroatoms. The van der Waals surface area contributed by atoms with E-state index >= 15 is 0 Å². The van der Waals surface area contributed by atoms with Gasteiger partial charge in [0.1, 0.15) is 0 Å². The van der Waals surface area contributed by atoms with Gasteiger partial charge >= 0.3 is 0 Å². The Balaban J connectivity index is 1.55. The number of carbonyl (C=O) groups is 1. The quantitative estimate of drug-likeness (QED) is 0.842. The van der Waals surface area contributed by atoms with Gasteiger partial charge in [-0.1, -0.05) is 0 Å². The van der Waals surface area contributed by atoms with Crippen molar-refractivity contribution in [2.24, 2.45) is 11.8 Å². The number of rotatable bonds is 3. The maximum absolute atomic E-state index is 11.9. The van der Waals surface area contributed by atoms with Gasteiger partial charge in [-0.15, -0.1) is 11.3 Å². The van der Waals surface area contributed by atoms with Crippen LogP contribution in [0.3, 0.4) is 0 Å². The predicted octanol–water partition coefficient (Wildman–Crippen LogP) is 0.621. The van der Waals surface area contributed by atoms with Crippen LogP contribution < -0.4 is 10.6 Å². The molecule has 0 saturated carbocycles. The van der Waals surface area contributed by atoms with Gasteiger partial charge in [0.05, 0.1) is 6.54 Å². The third-order valence-corrected chi connectivity index (χ3v) is 4.77. The molecule has 0 bridgehead atoms. The number of hydrogen-bond donors (Lipinski definition) is 2. The lowest BCUT2D eigenvalue weighted by Gasteiger charge is -2.23. The Morgan fingerprint density at radius 2 is 2.56 bits per heavy atom. The molecule has 3 unspecified atom stereocenters. The van der Waals surface area contributed by atoms with E-state index in [9.17, 15) is 4.79 Å². The van der Waals surface area contributed by atoms with Crippen molar-refractivity contribution in [2.45, 2.75) is 13.0 Å². The van der Waals surface area contributed by atoms with Crippen LogP contribution in [0.15, 0.2) is 11.6 Å². The van der Waals surface area contributed by atoms with Gasteiger partial charge in [0.25, 0.3) is 0 Å². The smallest absolute Gasteiger partial charge is 0.240 e. The standard InChI is InChI=1S/C12H18N4OS/c1-8-10-5-13-4-9(10)6-16(8)7-11(17)15-12-14-2-3-18-12/h2-3,8-10,13H,4-7H2,1H3,(H,14,15,17).